The lowest BCUT2D eigenvalue weighted by atomic mass is 10.1. The highest BCUT2D eigenvalue weighted by atomic mass is 35.5. The van der Waals surface area contributed by atoms with Gasteiger partial charge in [0.1, 0.15) is 10.0 Å². The van der Waals surface area contributed by atoms with E-state index >= 15 is 0 Å². The van der Waals surface area contributed by atoms with Gasteiger partial charge in [-0.25, -0.2) is 4.98 Å². The standard InChI is InChI=1S/C12H12ClN3O2S/c1-2-14-6-12-15-10(7-19-12)8-3-4-9(13)11(5-8)16(17)18/h3-5,7,14H,2,6H2,1H3. The van der Waals surface area contributed by atoms with Gasteiger partial charge in [-0.3, -0.25) is 10.1 Å². The summed E-state index contributed by atoms with van der Waals surface area (Å²) in [6.07, 6.45) is 0. The average molecular weight is 298 g/mol. The zero-order chi connectivity index (χ0) is 13.8. The average Bonchev–Trinajstić information content (AvgIpc) is 2.85. The van der Waals surface area contributed by atoms with Crippen LogP contribution in [0.4, 0.5) is 5.69 Å². The number of nitro groups is 1. The quantitative estimate of drug-likeness (QED) is 0.677. The van der Waals surface area contributed by atoms with Crippen LogP contribution in [0.1, 0.15) is 11.9 Å². The molecule has 0 bridgehead atoms. The number of nitrogens with zero attached hydrogens (tertiary/aromatic N) is 2. The van der Waals surface area contributed by atoms with Crippen molar-refractivity contribution in [1.29, 1.82) is 0 Å². The molecule has 2 aromatic rings. The lowest BCUT2D eigenvalue weighted by molar-refractivity contribution is -0.384. The molecule has 0 spiro atoms. The molecule has 0 saturated heterocycles. The van der Waals surface area contributed by atoms with Crippen LogP contribution in [0.5, 0.6) is 0 Å². The first-order valence-corrected chi connectivity index (χ1v) is 6.97. The second-order valence-electron chi connectivity index (χ2n) is 3.83. The normalized spacial score (nSPS) is 10.6. The zero-order valence-electron chi connectivity index (χ0n) is 10.2. The Bertz CT molecular complexity index is 600. The van der Waals surface area contributed by atoms with Crippen LogP contribution < -0.4 is 5.32 Å². The minimum Gasteiger partial charge on any atom is -0.311 e. The van der Waals surface area contributed by atoms with E-state index in [9.17, 15) is 10.1 Å². The number of aromatic nitrogens is 1. The second kappa shape index (κ2) is 6.10. The van der Waals surface area contributed by atoms with Crippen molar-refractivity contribution < 1.29 is 4.92 Å². The molecule has 100 valence electrons. The van der Waals surface area contributed by atoms with Crippen molar-refractivity contribution in [3.8, 4) is 11.3 Å². The van der Waals surface area contributed by atoms with Crippen molar-refractivity contribution in [2.24, 2.45) is 0 Å². The Kier molecular flexibility index (Phi) is 4.47. The molecule has 0 amide bonds. The Morgan fingerprint density at radius 3 is 3.00 bits per heavy atom. The van der Waals surface area contributed by atoms with Gasteiger partial charge in [0.05, 0.1) is 10.6 Å². The number of rotatable bonds is 5. The third-order valence-corrected chi connectivity index (χ3v) is 3.68. The van der Waals surface area contributed by atoms with Gasteiger partial charge in [0, 0.05) is 23.6 Å². The van der Waals surface area contributed by atoms with Crippen LogP contribution in [-0.2, 0) is 6.54 Å². The molecule has 0 fully saturated rings. The van der Waals surface area contributed by atoms with Gasteiger partial charge in [-0.05, 0) is 12.6 Å². The summed E-state index contributed by atoms with van der Waals surface area (Å²) in [6.45, 7) is 3.61. The molecule has 1 aromatic heterocycles. The van der Waals surface area contributed by atoms with E-state index in [-0.39, 0.29) is 10.7 Å². The maximum absolute atomic E-state index is 10.8. The summed E-state index contributed by atoms with van der Waals surface area (Å²) in [4.78, 5) is 14.8. The van der Waals surface area contributed by atoms with Crippen LogP contribution in [0.2, 0.25) is 5.02 Å². The molecule has 1 N–H and O–H groups in total. The predicted octanol–water partition coefficient (Wildman–Crippen LogP) is 3.48. The van der Waals surface area contributed by atoms with E-state index in [1.165, 1.54) is 23.5 Å². The molecule has 0 atom stereocenters. The van der Waals surface area contributed by atoms with Gasteiger partial charge in [-0.15, -0.1) is 11.3 Å². The van der Waals surface area contributed by atoms with E-state index in [2.05, 4.69) is 10.3 Å². The molecule has 0 radical (unpaired) electrons. The van der Waals surface area contributed by atoms with Crippen LogP contribution >= 0.6 is 22.9 Å². The molecule has 1 aromatic carbocycles. The van der Waals surface area contributed by atoms with E-state index in [1.807, 2.05) is 12.3 Å². The molecule has 0 aliphatic heterocycles. The maximum Gasteiger partial charge on any atom is 0.288 e. The predicted molar refractivity (Wildman–Crippen MR) is 76.6 cm³/mol. The number of hydrogen-bond donors (Lipinski definition) is 1. The molecule has 0 aliphatic carbocycles. The first-order valence-electron chi connectivity index (χ1n) is 5.71. The molecule has 0 saturated carbocycles. The third-order valence-electron chi connectivity index (χ3n) is 2.52. The monoisotopic (exact) mass is 297 g/mol. The third kappa shape index (κ3) is 3.28. The first-order chi connectivity index (χ1) is 9.11. The van der Waals surface area contributed by atoms with Crippen molar-refractivity contribution >= 4 is 28.6 Å². The Morgan fingerprint density at radius 1 is 1.53 bits per heavy atom. The molecule has 0 aliphatic rings. The van der Waals surface area contributed by atoms with Crippen LogP contribution in [0.15, 0.2) is 23.6 Å². The highest BCUT2D eigenvalue weighted by molar-refractivity contribution is 7.09. The molecule has 1 heterocycles. The summed E-state index contributed by atoms with van der Waals surface area (Å²) < 4.78 is 0. The smallest absolute Gasteiger partial charge is 0.288 e. The largest absolute Gasteiger partial charge is 0.311 e. The molecule has 5 nitrogen and oxygen atoms in total. The first kappa shape index (κ1) is 13.9. The van der Waals surface area contributed by atoms with Gasteiger partial charge in [-0.1, -0.05) is 24.6 Å². The lowest BCUT2D eigenvalue weighted by Gasteiger charge is -1.99. The summed E-state index contributed by atoms with van der Waals surface area (Å²) in [5.41, 5.74) is 1.34. The fraction of sp³-hybridized carbons (Fsp3) is 0.250. The van der Waals surface area contributed by atoms with E-state index in [0.29, 0.717) is 12.1 Å². The van der Waals surface area contributed by atoms with Gasteiger partial charge in [-0.2, -0.15) is 0 Å². The minimum absolute atomic E-state index is 0.0969. The van der Waals surface area contributed by atoms with E-state index in [0.717, 1.165) is 17.2 Å². The van der Waals surface area contributed by atoms with Crippen LogP contribution in [0, 0.1) is 10.1 Å². The lowest BCUT2D eigenvalue weighted by Crippen LogP contribution is -2.11. The van der Waals surface area contributed by atoms with Crippen molar-refractivity contribution in [2.75, 3.05) is 6.54 Å². The van der Waals surface area contributed by atoms with E-state index in [4.69, 9.17) is 11.6 Å². The van der Waals surface area contributed by atoms with Gasteiger partial charge in [0.25, 0.3) is 5.69 Å². The Labute approximate surface area is 119 Å². The summed E-state index contributed by atoms with van der Waals surface area (Å²) in [5, 5.41) is 17.0. The zero-order valence-corrected chi connectivity index (χ0v) is 11.8. The van der Waals surface area contributed by atoms with Crippen molar-refractivity contribution in [1.82, 2.24) is 10.3 Å². The molecular weight excluding hydrogens is 286 g/mol. The molecule has 19 heavy (non-hydrogen) atoms. The molecule has 7 heteroatoms. The Hall–Kier alpha value is -1.50. The fourth-order valence-electron chi connectivity index (χ4n) is 1.57. The van der Waals surface area contributed by atoms with Gasteiger partial charge >= 0.3 is 0 Å². The maximum atomic E-state index is 10.8. The summed E-state index contributed by atoms with van der Waals surface area (Å²) in [5.74, 6) is 0. The van der Waals surface area contributed by atoms with E-state index < -0.39 is 4.92 Å². The minimum atomic E-state index is -0.488. The molecule has 0 unspecified atom stereocenters. The van der Waals surface area contributed by atoms with Crippen LogP contribution in [0.25, 0.3) is 11.3 Å². The summed E-state index contributed by atoms with van der Waals surface area (Å²) >= 11 is 7.31. The number of nitrogens with one attached hydrogen (secondary N) is 1. The molecular formula is C12H12ClN3O2S. The topological polar surface area (TPSA) is 68.1 Å². The number of hydrogen-bond acceptors (Lipinski definition) is 5. The van der Waals surface area contributed by atoms with Gasteiger partial charge in [0.15, 0.2) is 0 Å². The van der Waals surface area contributed by atoms with Crippen LogP contribution in [0.3, 0.4) is 0 Å². The van der Waals surface area contributed by atoms with Gasteiger partial charge in [0.2, 0.25) is 0 Å². The van der Waals surface area contributed by atoms with Gasteiger partial charge < -0.3 is 5.32 Å². The number of benzene rings is 1. The summed E-state index contributed by atoms with van der Waals surface area (Å²) in [6, 6.07) is 4.72. The second-order valence-corrected chi connectivity index (χ2v) is 5.18. The van der Waals surface area contributed by atoms with Crippen LogP contribution in [-0.4, -0.2) is 16.5 Å². The fourth-order valence-corrected chi connectivity index (χ4v) is 2.53. The summed E-state index contributed by atoms with van der Waals surface area (Å²) in [7, 11) is 0. The Balaban J connectivity index is 2.29. The highest BCUT2D eigenvalue weighted by Gasteiger charge is 2.14. The molecule has 2 rings (SSSR count). The SMILES string of the molecule is CCNCc1nc(-c2ccc(Cl)c([N+](=O)[O-])c2)cs1. The Morgan fingerprint density at radius 2 is 2.32 bits per heavy atom. The van der Waals surface area contributed by atoms with Crippen molar-refractivity contribution in [3.05, 3.63) is 43.7 Å². The highest BCUT2D eigenvalue weighted by Crippen LogP contribution is 2.30. The number of halogens is 1. The van der Waals surface area contributed by atoms with Crippen molar-refractivity contribution in [3.63, 3.8) is 0 Å². The number of nitro benzene ring substituents is 1. The number of thiazole rings is 1. The van der Waals surface area contributed by atoms with E-state index in [1.54, 1.807) is 6.07 Å². The van der Waals surface area contributed by atoms with Crippen molar-refractivity contribution in [2.45, 2.75) is 13.5 Å².